The molecule has 0 spiro atoms. The van der Waals surface area contributed by atoms with E-state index in [1.165, 1.54) is 44.9 Å². The summed E-state index contributed by atoms with van der Waals surface area (Å²) in [6.07, 6.45) is 65.0. The molecule has 3 atom stereocenters. The number of aliphatic hydroxyl groups is 1. The van der Waals surface area contributed by atoms with E-state index in [1.54, 1.807) is 0 Å². The van der Waals surface area contributed by atoms with Gasteiger partial charge in [0.05, 0.1) is 19.8 Å². The Balaban J connectivity index is 4.81. The van der Waals surface area contributed by atoms with Crippen LogP contribution in [0.2, 0.25) is 0 Å². The summed E-state index contributed by atoms with van der Waals surface area (Å²) in [6.45, 7) is 4.42. The highest BCUT2D eigenvalue weighted by atomic mass is 31.2. The lowest BCUT2D eigenvalue weighted by Crippen LogP contribution is -2.30. The van der Waals surface area contributed by atoms with Crippen molar-refractivity contribution in [3.8, 4) is 0 Å². The molecular weight excluding hydrogens is 952 g/mol. The van der Waals surface area contributed by atoms with Crippen molar-refractivity contribution in [3.05, 3.63) is 97.2 Å². The van der Waals surface area contributed by atoms with Gasteiger partial charge in [-0.2, -0.15) is 0 Å². The smallest absolute Gasteiger partial charge is 0.462 e. The van der Waals surface area contributed by atoms with Gasteiger partial charge in [-0.3, -0.25) is 23.4 Å². The summed E-state index contributed by atoms with van der Waals surface area (Å²) in [4.78, 5) is 48.5. The molecule has 0 aliphatic carbocycles. The fourth-order valence-electron chi connectivity index (χ4n) is 7.52. The van der Waals surface area contributed by atoms with E-state index in [2.05, 4.69) is 118 Å². The van der Waals surface area contributed by atoms with E-state index in [0.29, 0.717) is 19.3 Å². The normalized spacial score (nSPS) is 14.1. The minimum Gasteiger partial charge on any atom is -0.462 e. The van der Waals surface area contributed by atoms with E-state index in [9.17, 15) is 28.9 Å². The van der Waals surface area contributed by atoms with Gasteiger partial charge in [-0.25, -0.2) is 4.57 Å². The number of aliphatic hydroxyl groups excluding tert-OH is 1. The molecule has 0 bridgehead atoms. The van der Waals surface area contributed by atoms with E-state index in [4.69, 9.17) is 23.3 Å². The van der Waals surface area contributed by atoms with Gasteiger partial charge in [-0.05, 0) is 122 Å². The number of ether oxygens (including phenoxy) is 3. The third-order valence-electron chi connectivity index (χ3n) is 12.0. The number of phosphoric acid groups is 1. The molecule has 0 aromatic carbocycles. The monoisotopic (exact) mass is 1060 g/mol. The molecule has 0 aliphatic rings. The standard InChI is InChI=1S/C62H105O11P/c1-4-7-10-13-16-19-22-25-27-28-29-30-32-34-36-39-42-45-48-51-60(64)69-55-59(73-62(66)53-50-47-44-41-38-35-31-26-23-20-17-14-11-8-5-2)57-71-74(67,68)70-56-58(54-63)72-61(65)52-49-46-43-40-37-33-24-21-18-15-12-9-6-3/h7,10,16-17,19-21,24-27,29-31,34,36,58-59,63H,4-6,8-9,11-15,18,22-23,28,32-33,35,37-57H2,1-3H3,(H,67,68)/b10-7-,19-16-,20-17-,24-21-,27-25-,30-29-,31-26-,36-34-. The van der Waals surface area contributed by atoms with Crippen LogP contribution in [-0.4, -0.2) is 66.5 Å². The average Bonchev–Trinajstić information content (AvgIpc) is 3.39. The SMILES string of the molecule is CC/C=C\C/C=C\C/C=C\C/C=C\C/C=C\CCCCCC(=O)OCC(COP(=O)(O)OCC(CO)OC(=O)CCCCCCC/C=C\CCCCCC)OC(=O)CCCCCCC/C=C\C/C=C\CCCCC. The molecule has 0 heterocycles. The molecule has 0 radical (unpaired) electrons. The number of unbranched alkanes of at least 4 members (excludes halogenated alkanes) is 20. The van der Waals surface area contributed by atoms with Crippen molar-refractivity contribution in [3.63, 3.8) is 0 Å². The van der Waals surface area contributed by atoms with E-state index >= 15 is 0 Å². The molecule has 0 aliphatic heterocycles. The number of hydrogen-bond donors (Lipinski definition) is 2. The maximum atomic E-state index is 12.9. The molecule has 3 unspecified atom stereocenters. The Morgan fingerprint density at radius 2 is 0.703 bits per heavy atom. The van der Waals surface area contributed by atoms with Crippen molar-refractivity contribution in [1.82, 2.24) is 0 Å². The molecule has 0 saturated heterocycles. The van der Waals surface area contributed by atoms with Crippen LogP contribution in [0.15, 0.2) is 97.2 Å². The number of rotatable bonds is 53. The van der Waals surface area contributed by atoms with Crippen LogP contribution < -0.4 is 0 Å². The molecule has 0 aromatic rings. The Labute approximate surface area is 451 Å². The van der Waals surface area contributed by atoms with E-state index in [1.807, 2.05) is 0 Å². The lowest BCUT2D eigenvalue weighted by Gasteiger charge is -2.21. The highest BCUT2D eigenvalue weighted by molar-refractivity contribution is 7.47. The molecule has 11 nitrogen and oxygen atoms in total. The first-order valence-electron chi connectivity index (χ1n) is 29.1. The summed E-state index contributed by atoms with van der Waals surface area (Å²) < 4.78 is 39.5. The fourth-order valence-corrected chi connectivity index (χ4v) is 8.31. The maximum Gasteiger partial charge on any atom is 0.472 e. The van der Waals surface area contributed by atoms with Gasteiger partial charge in [0.15, 0.2) is 6.10 Å². The Morgan fingerprint density at radius 1 is 0.392 bits per heavy atom. The van der Waals surface area contributed by atoms with Crippen LogP contribution in [0, 0.1) is 0 Å². The van der Waals surface area contributed by atoms with E-state index < -0.39 is 57.8 Å². The highest BCUT2D eigenvalue weighted by Crippen LogP contribution is 2.43. The molecule has 0 rings (SSSR count). The van der Waals surface area contributed by atoms with Crippen molar-refractivity contribution >= 4 is 25.7 Å². The third kappa shape index (κ3) is 53.2. The summed E-state index contributed by atoms with van der Waals surface area (Å²) in [7, 11) is -4.76. The summed E-state index contributed by atoms with van der Waals surface area (Å²) in [5.41, 5.74) is 0. The lowest BCUT2D eigenvalue weighted by molar-refractivity contribution is -0.161. The number of carbonyl (C=O) groups excluding carboxylic acids is 3. The van der Waals surface area contributed by atoms with Gasteiger partial charge in [0.1, 0.15) is 12.7 Å². The molecule has 0 aromatic heterocycles. The summed E-state index contributed by atoms with van der Waals surface area (Å²) in [5.74, 6) is -1.53. The molecular formula is C62H105O11P. The average molecular weight is 1060 g/mol. The molecule has 12 heteroatoms. The largest absolute Gasteiger partial charge is 0.472 e. The highest BCUT2D eigenvalue weighted by Gasteiger charge is 2.28. The topological polar surface area (TPSA) is 155 Å². The van der Waals surface area contributed by atoms with Gasteiger partial charge in [-0.1, -0.05) is 195 Å². The van der Waals surface area contributed by atoms with Crippen LogP contribution >= 0.6 is 7.82 Å². The Bertz CT molecular complexity index is 1610. The molecule has 0 fully saturated rings. The number of carbonyl (C=O) groups is 3. The number of hydrogen-bond acceptors (Lipinski definition) is 10. The zero-order chi connectivity index (χ0) is 54.1. The van der Waals surface area contributed by atoms with Crippen molar-refractivity contribution < 1.29 is 52.2 Å². The van der Waals surface area contributed by atoms with Gasteiger partial charge in [0.25, 0.3) is 0 Å². The molecule has 0 amide bonds. The first-order chi connectivity index (χ1) is 36.2. The quantitative estimate of drug-likeness (QED) is 0.0197. The second kappa shape index (κ2) is 55.6. The van der Waals surface area contributed by atoms with Gasteiger partial charge in [0.2, 0.25) is 0 Å². The van der Waals surface area contributed by atoms with Crippen LogP contribution in [0.25, 0.3) is 0 Å². The summed E-state index contributed by atoms with van der Waals surface area (Å²) >= 11 is 0. The fraction of sp³-hybridized carbons (Fsp3) is 0.694. The Kier molecular flexibility index (Phi) is 52.9. The molecule has 74 heavy (non-hydrogen) atoms. The summed E-state index contributed by atoms with van der Waals surface area (Å²) in [5, 5.41) is 9.81. The van der Waals surface area contributed by atoms with Gasteiger partial charge in [-0.15, -0.1) is 0 Å². The van der Waals surface area contributed by atoms with Crippen molar-refractivity contribution in [2.45, 2.75) is 251 Å². The van der Waals surface area contributed by atoms with Crippen LogP contribution in [0.3, 0.4) is 0 Å². The number of phosphoric ester groups is 1. The van der Waals surface area contributed by atoms with Crippen molar-refractivity contribution in [2.75, 3.05) is 26.4 Å². The third-order valence-corrected chi connectivity index (χ3v) is 12.9. The van der Waals surface area contributed by atoms with E-state index in [-0.39, 0.29) is 25.9 Å². The Morgan fingerprint density at radius 3 is 1.14 bits per heavy atom. The van der Waals surface area contributed by atoms with Crippen LogP contribution in [-0.2, 0) is 42.2 Å². The lowest BCUT2D eigenvalue weighted by atomic mass is 10.1. The first-order valence-corrected chi connectivity index (χ1v) is 30.6. The first kappa shape index (κ1) is 70.4. The zero-order valence-corrected chi connectivity index (χ0v) is 47.7. The minimum atomic E-state index is -4.76. The zero-order valence-electron chi connectivity index (χ0n) is 46.8. The van der Waals surface area contributed by atoms with Gasteiger partial charge >= 0.3 is 25.7 Å². The molecule has 2 N–H and O–H groups in total. The van der Waals surface area contributed by atoms with Crippen molar-refractivity contribution in [2.24, 2.45) is 0 Å². The minimum absolute atomic E-state index is 0.139. The molecule has 0 saturated carbocycles. The summed E-state index contributed by atoms with van der Waals surface area (Å²) in [6, 6.07) is 0. The predicted molar refractivity (Wildman–Crippen MR) is 307 cm³/mol. The van der Waals surface area contributed by atoms with Gasteiger partial charge < -0.3 is 24.2 Å². The number of esters is 3. The second-order valence-corrected chi connectivity index (χ2v) is 20.5. The van der Waals surface area contributed by atoms with Crippen LogP contribution in [0.5, 0.6) is 0 Å². The second-order valence-electron chi connectivity index (χ2n) is 19.1. The van der Waals surface area contributed by atoms with Crippen molar-refractivity contribution in [1.29, 1.82) is 0 Å². The Hall–Kier alpha value is -3.60. The molecule has 424 valence electrons. The van der Waals surface area contributed by atoms with Crippen LogP contribution in [0.1, 0.15) is 239 Å². The maximum absolute atomic E-state index is 12.9. The van der Waals surface area contributed by atoms with Gasteiger partial charge in [0, 0.05) is 19.3 Å². The predicted octanol–water partition coefficient (Wildman–Crippen LogP) is 17.3. The number of allylic oxidation sites excluding steroid dienone is 16. The van der Waals surface area contributed by atoms with E-state index in [0.717, 1.165) is 135 Å². The van der Waals surface area contributed by atoms with Crippen LogP contribution in [0.4, 0.5) is 0 Å².